The van der Waals surface area contributed by atoms with Crippen LogP contribution in [0.1, 0.15) is 15.9 Å². The first-order chi connectivity index (χ1) is 10.1. The predicted octanol–water partition coefficient (Wildman–Crippen LogP) is 2.80. The number of carbonyl (C=O) groups excluding carboxylic acids is 1. The van der Waals surface area contributed by atoms with Crippen LogP contribution < -0.4 is 15.8 Å². The minimum absolute atomic E-state index is 0.0360. The van der Waals surface area contributed by atoms with E-state index in [9.17, 15) is 13.6 Å². The second-order valence-corrected chi connectivity index (χ2v) is 4.26. The highest BCUT2D eigenvalue weighted by molar-refractivity contribution is 5.99. The molecule has 2 rings (SSSR count). The van der Waals surface area contributed by atoms with E-state index in [1.54, 1.807) is 42.5 Å². The third kappa shape index (κ3) is 3.92. The summed E-state index contributed by atoms with van der Waals surface area (Å²) in [6.45, 7) is -2.85. The molecule has 0 fully saturated rings. The van der Waals surface area contributed by atoms with Crippen molar-refractivity contribution in [2.45, 2.75) is 13.2 Å². The Labute approximate surface area is 120 Å². The summed E-state index contributed by atoms with van der Waals surface area (Å²) in [6.07, 6.45) is 0. The number of alkyl halides is 2. The zero-order valence-electron chi connectivity index (χ0n) is 11.1. The smallest absolute Gasteiger partial charge is 0.387 e. The van der Waals surface area contributed by atoms with Crippen LogP contribution in [0.5, 0.6) is 5.75 Å². The molecular formula is C15H14F2N2O2. The van der Waals surface area contributed by atoms with Crippen LogP contribution in [0.2, 0.25) is 0 Å². The minimum Gasteiger partial charge on any atom is -0.434 e. The Balaban J connectivity index is 2.07. The number of rotatable bonds is 5. The molecule has 0 aliphatic carbocycles. The summed E-state index contributed by atoms with van der Waals surface area (Å²) in [5.74, 6) is -0.339. The lowest BCUT2D eigenvalue weighted by Gasteiger charge is -2.12. The number of nitrogens with one attached hydrogen (secondary N) is 1. The van der Waals surface area contributed by atoms with Crippen molar-refractivity contribution in [3.8, 4) is 5.75 Å². The van der Waals surface area contributed by atoms with Crippen LogP contribution in [0.15, 0.2) is 48.5 Å². The summed E-state index contributed by atoms with van der Waals surface area (Å²) in [7, 11) is 0. The molecule has 0 bridgehead atoms. The molecule has 0 aliphatic rings. The number of nitrogen functional groups attached to an aromatic ring is 1. The van der Waals surface area contributed by atoms with Gasteiger partial charge in [0, 0.05) is 17.8 Å². The SMILES string of the molecule is Nc1ccccc1C(=O)NCc1ccccc1OC(F)F. The Bertz CT molecular complexity index is 633. The number of ether oxygens (including phenoxy) is 1. The van der Waals surface area contributed by atoms with E-state index in [1.807, 2.05) is 0 Å². The molecule has 0 atom stereocenters. The maximum atomic E-state index is 12.3. The van der Waals surface area contributed by atoms with Crippen molar-refractivity contribution >= 4 is 11.6 Å². The highest BCUT2D eigenvalue weighted by Gasteiger charge is 2.12. The van der Waals surface area contributed by atoms with Crippen molar-refractivity contribution in [3.05, 3.63) is 59.7 Å². The summed E-state index contributed by atoms with van der Waals surface area (Å²) in [5.41, 5.74) is 6.85. The van der Waals surface area contributed by atoms with Gasteiger partial charge in [0.1, 0.15) is 5.75 Å². The Kier molecular flexibility index (Phi) is 4.71. The summed E-state index contributed by atoms with van der Waals surface area (Å²) < 4.78 is 29.0. The number of hydrogen-bond donors (Lipinski definition) is 2. The van der Waals surface area contributed by atoms with Crippen LogP contribution in [-0.2, 0) is 6.54 Å². The monoisotopic (exact) mass is 292 g/mol. The van der Waals surface area contributed by atoms with E-state index in [-0.39, 0.29) is 18.2 Å². The van der Waals surface area contributed by atoms with Gasteiger partial charge in [0.25, 0.3) is 5.91 Å². The number of halogens is 2. The first-order valence-electron chi connectivity index (χ1n) is 6.23. The van der Waals surface area contributed by atoms with Gasteiger partial charge in [-0.15, -0.1) is 0 Å². The third-order valence-electron chi connectivity index (χ3n) is 2.83. The van der Waals surface area contributed by atoms with Crippen molar-refractivity contribution in [3.63, 3.8) is 0 Å². The molecule has 4 nitrogen and oxygen atoms in total. The first kappa shape index (κ1) is 14.8. The molecule has 1 amide bonds. The van der Waals surface area contributed by atoms with Gasteiger partial charge >= 0.3 is 6.61 Å². The maximum absolute atomic E-state index is 12.3. The fourth-order valence-electron chi connectivity index (χ4n) is 1.84. The van der Waals surface area contributed by atoms with Crippen LogP contribution in [0.25, 0.3) is 0 Å². The fourth-order valence-corrected chi connectivity index (χ4v) is 1.84. The Morgan fingerprint density at radius 3 is 2.52 bits per heavy atom. The average molecular weight is 292 g/mol. The fraction of sp³-hybridized carbons (Fsp3) is 0.133. The molecule has 6 heteroatoms. The minimum atomic E-state index is -2.91. The van der Waals surface area contributed by atoms with Crippen LogP contribution in [0.4, 0.5) is 14.5 Å². The highest BCUT2D eigenvalue weighted by atomic mass is 19.3. The average Bonchev–Trinajstić information content (AvgIpc) is 2.46. The van der Waals surface area contributed by atoms with E-state index < -0.39 is 6.61 Å². The summed E-state index contributed by atoms with van der Waals surface area (Å²) in [4.78, 5) is 12.0. The molecule has 110 valence electrons. The predicted molar refractivity (Wildman–Crippen MR) is 75.1 cm³/mol. The van der Waals surface area contributed by atoms with Gasteiger partial charge in [-0.3, -0.25) is 4.79 Å². The molecule has 2 aromatic carbocycles. The molecule has 21 heavy (non-hydrogen) atoms. The number of nitrogens with two attached hydrogens (primary N) is 1. The molecule has 0 aromatic heterocycles. The van der Waals surface area contributed by atoms with E-state index in [0.717, 1.165) is 0 Å². The zero-order chi connectivity index (χ0) is 15.2. The Morgan fingerprint density at radius 1 is 1.14 bits per heavy atom. The van der Waals surface area contributed by atoms with Crippen LogP contribution in [-0.4, -0.2) is 12.5 Å². The number of hydrogen-bond acceptors (Lipinski definition) is 3. The highest BCUT2D eigenvalue weighted by Crippen LogP contribution is 2.20. The topological polar surface area (TPSA) is 64.4 Å². The van der Waals surface area contributed by atoms with E-state index in [4.69, 9.17) is 5.73 Å². The standard InChI is InChI=1S/C15H14F2N2O2/c16-15(17)21-13-8-4-1-5-10(13)9-19-14(20)11-6-2-3-7-12(11)18/h1-8,15H,9,18H2,(H,19,20). The van der Waals surface area contributed by atoms with Crippen molar-refractivity contribution in [2.24, 2.45) is 0 Å². The summed E-state index contributed by atoms with van der Waals surface area (Å²) in [6, 6.07) is 12.9. The molecule has 0 saturated carbocycles. The lowest BCUT2D eigenvalue weighted by Crippen LogP contribution is -2.24. The van der Waals surface area contributed by atoms with Gasteiger partial charge in [-0.2, -0.15) is 8.78 Å². The molecular weight excluding hydrogens is 278 g/mol. The van der Waals surface area contributed by atoms with E-state index >= 15 is 0 Å². The number of carbonyl (C=O) groups is 1. The van der Waals surface area contributed by atoms with Crippen molar-refractivity contribution in [1.82, 2.24) is 5.32 Å². The maximum Gasteiger partial charge on any atom is 0.387 e. The van der Waals surface area contributed by atoms with Gasteiger partial charge in [-0.25, -0.2) is 0 Å². The zero-order valence-corrected chi connectivity index (χ0v) is 11.1. The third-order valence-corrected chi connectivity index (χ3v) is 2.83. The summed E-state index contributed by atoms with van der Waals surface area (Å²) in [5, 5.41) is 2.63. The van der Waals surface area contributed by atoms with E-state index in [0.29, 0.717) is 16.8 Å². The van der Waals surface area contributed by atoms with Crippen molar-refractivity contribution in [2.75, 3.05) is 5.73 Å². The van der Waals surface area contributed by atoms with Crippen LogP contribution in [0.3, 0.4) is 0 Å². The second kappa shape index (κ2) is 6.69. The van der Waals surface area contributed by atoms with Crippen LogP contribution >= 0.6 is 0 Å². The van der Waals surface area contributed by atoms with Crippen LogP contribution in [0, 0.1) is 0 Å². The molecule has 0 heterocycles. The van der Waals surface area contributed by atoms with E-state index in [2.05, 4.69) is 10.1 Å². The van der Waals surface area contributed by atoms with Crippen molar-refractivity contribution in [1.29, 1.82) is 0 Å². The lowest BCUT2D eigenvalue weighted by molar-refractivity contribution is -0.0504. The normalized spacial score (nSPS) is 10.4. The first-order valence-corrected chi connectivity index (χ1v) is 6.23. The van der Waals surface area contributed by atoms with Gasteiger partial charge in [0.2, 0.25) is 0 Å². The molecule has 0 spiro atoms. The van der Waals surface area contributed by atoms with Gasteiger partial charge in [-0.05, 0) is 18.2 Å². The number of anilines is 1. The largest absolute Gasteiger partial charge is 0.434 e. The molecule has 0 saturated heterocycles. The summed E-state index contributed by atoms with van der Waals surface area (Å²) >= 11 is 0. The van der Waals surface area contributed by atoms with Crippen molar-refractivity contribution < 1.29 is 18.3 Å². The Morgan fingerprint density at radius 2 is 1.81 bits per heavy atom. The van der Waals surface area contributed by atoms with Gasteiger partial charge in [0.05, 0.1) is 5.56 Å². The van der Waals surface area contributed by atoms with Gasteiger partial charge in [-0.1, -0.05) is 30.3 Å². The quantitative estimate of drug-likeness (QED) is 0.833. The number of amides is 1. The van der Waals surface area contributed by atoms with Gasteiger partial charge in [0.15, 0.2) is 0 Å². The molecule has 3 N–H and O–H groups in total. The lowest BCUT2D eigenvalue weighted by atomic mass is 10.1. The van der Waals surface area contributed by atoms with E-state index in [1.165, 1.54) is 6.07 Å². The molecule has 0 unspecified atom stereocenters. The number of para-hydroxylation sites is 2. The Hall–Kier alpha value is -2.63. The molecule has 0 radical (unpaired) electrons. The second-order valence-electron chi connectivity index (χ2n) is 4.26. The van der Waals surface area contributed by atoms with Gasteiger partial charge < -0.3 is 15.8 Å². The molecule has 0 aliphatic heterocycles. The number of benzene rings is 2. The molecule has 2 aromatic rings.